The molecule has 0 aliphatic heterocycles. The highest BCUT2D eigenvalue weighted by Crippen LogP contribution is 2.09. The summed E-state index contributed by atoms with van der Waals surface area (Å²) in [6.07, 6.45) is 0.808. The molecule has 1 atom stereocenters. The molecule has 5 heteroatoms. The van der Waals surface area contributed by atoms with Crippen LogP contribution in [0.5, 0.6) is 0 Å². The number of benzene rings is 2. The molecule has 0 fully saturated rings. The lowest BCUT2D eigenvalue weighted by Crippen LogP contribution is -2.26. The molecule has 0 aromatic heterocycles. The van der Waals surface area contributed by atoms with Gasteiger partial charge in [-0.15, -0.1) is 0 Å². The number of anilines is 1. The molecule has 0 unspecified atom stereocenters. The van der Waals surface area contributed by atoms with Gasteiger partial charge in [-0.25, -0.2) is 4.39 Å². The second-order valence-electron chi connectivity index (χ2n) is 4.83. The maximum Gasteiger partial charge on any atom is 0.267 e. The van der Waals surface area contributed by atoms with E-state index in [-0.39, 0.29) is 11.7 Å². The van der Waals surface area contributed by atoms with E-state index in [9.17, 15) is 9.18 Å². The van der Waals surface area contributed by atoms with Gasteiger partial charge < -0.3 is 10.2 Å². The van der Waals surface area contributed by atoms with Crippen molar-refractivity contribution in [2.24, 2.45) is 5.16 Å². The fourth-order valence-electron chi connectivity index (χ4n) is 1.74. The van der Waals surface area contributed by atoms with Crippen LogP contribution in [0.25, 0.3) is 0 Å². The summed E-state index contributed by atoms with van der Waals surface area (Å²) in [5.41, 5.74) is 2.50. The number of oxime groups is 1. The number of halogens is 1. The summed E-state index contributed by atoms with van der Waals surface area (Å²) in [5, 5.41) is 6.46. The first kappa shape index (κ1) is 15.7. The largest absolute Gasteiger partial charge is 0.383 e. The van der Waals surface area contributed by atoms with E-state index in [1.165, 1.54) is 24.3 Å². The number of carbonyl (C=O) groups is 1. The lowest BCUT2D eigenvalue weighted by Gasteiger charge is -2.10. The average molecular weight is 300 g/mol. The molecular formula is C17H17FN2O2. The molecule has 0 aliphatic rings. The van der Waals surface area contributed by atoms with E-state index in [1.807, 2.05) is 31.2 Å². The lowest BCUT2D eigenvalue weighted by molar-refractivity contribution is -0.126. The van der Waals surface area contributed by atoms with Crippen molar-refractivity contribution in [3.63, 3.8) is 0 Å². The van der Waals surface area contributed by atoms with E-state index in [4.69, 9.17) is 4.84 Å². The molecule has 114 valence electrons. The van der Waals surface area contributed by atoms with Crippen LogP contribution in [0.2, 0.25) is 0 Å². The van der Waals surface area contributed by atoms with Crippen LogP contribution in [0, 0.1) is 12.7 Å². The molecular weight excluding hydrogens is 283 g/mol. The third-order valence-electron chi connectivity index (χ3n) is 3.08. The molecule has 2 aromatic carbocycles. The lowest BCUT2D eigenvalue weighted by atomic mass is 10.1. The summed E-state index contributed by atoms with van der Waals surface area (Å²) in [4.78, 5) is 17.0. The first-order valence-corrected chi connectivity index (χ1v) is 6.87. The first-order chi connectivity index (χ1) is 10.6. The van der Waals surface area contributed by atoms with Crippen LogP contribution in [0.1, 0.15) is 18.1 Å². The van der Waals surface area contributed by atoms with Gasteiger partial charge >= 0.3 is 0 Å². The monoisotopic (exact) mass is 300 g/mol. The Labute approximate surface area is 128 Å². The zero-order valence-corrected chi connectivity index (χ0v) is 12.4. The Kier molecular flexibility index (Phi) is 5.25. The van der Waals surface area contributed by atoms with Crippen LogP contribution in [0.3, 0.4) is 0 Å². The Bertz CT molecular complexity index is 669. The topological polar surface area (TPSA) is 50.7 Å². The number of hydrogen-bond acceptors (Lipinski definition) is 3. The van der Waals surface area contributed by atoms with Crippen molar-refractivity contribution in [1.82, 2.24) is 0 Å². The van der Waals surface area contributed by atoms with E-state index in [1.54, 1.807) is 13.1 Å². The standard InChI is InChI=1S/C17H17FN2O2/c1-12-5-3-4-6-14(12)11-19-22-13(2)17(21)20-16-9-7-15(18)8-10-16/h3-11,13H,1-2H3,(H,20,21)/b19-11-/t13-/m1/s1. The van der Waals surface area contributed by atoms with E-state index >= 15 is 0 Å². The Morgan fingerprint density at radius 3 is 2.59 bits per heavy atom. The van der Waals surface area contributed by atoms with Gasteiger partial charge in [0.25, 0.3) is 5.91 Å². The van der Waals surface area contributed by atoms with Crippen LogP contribution in [0.4, 0.5) is 10.1 Å². The second kappa shape index (κ2) is 7.36. The number of nitrogens with zero attached hydrogens (tertiary/aromatic N) is 1. The molecule has 2 aromatic rings. The van der Waals surface area contributed by atoms with Gasteiger partial charge in [-0.1, -0.05) is 29.4 Å². The number of amides is 1. The molecule has 0 saturated heterocycles. The molecule has 0 spiro atoms. The molecule has 0 bridgehead atoms. The second-order valence-corrected chi connectivity index (χ2v) is 4.83. The number of nitrogens with one attached hydrogen (secondary N) is 1. The van der Waals surface area contributed by atoms with Crippen LogP contribution in [-0.4, -0.2) is 18.2 Å². The number of rotatable bonds is 5. The summed E-state index contributed by atoms with van der Waals surface area (Å²) in [7, 11) is 0. The quantitative estimate of drug-likeness (QED) is 0.678. The minimum atomic E-state index is -0.759. The number of hydrogen-bond donors (Lipinski definition) is 1. The summed E-state index contributed by atoms with van der Waals surface area (Å²) in [6, 6.07) is 13.2. The smallest absolute Gasteiger partial charge is 0.267 e. The normalized spacial score (nSPS) is 12.1. The number of carbonyl (C=O) groups excluding carboxylic acids is 1. The molecule has 0 heterocycles. The van der Waals surface area contributed by atoms with Crippen molar-refractivity contribution < 1.29 is 14.0 Å². The molecule has 2 rings (SSSR count). The van der Waals surface area contributed by atoms with E-state index in [0.717, 1.165) is 11.1 Å². The predicted molar refractivity (Wildman–Crippen MR) is 84.3 cm³/mol. The van der Waals surface area contributed by atoms with Crippen LogP contribution >= 0.6 is 0 Å². The van der Waals surface area contributed by atoms with Gasteiger partial charge in [0.1, 0.15) is 5.82 Å². The maximum atomic E-state index is 12.8. The summed E-state index contributed by atoms with van der Waals surface area (Å²) in [6.45, 7) is 3.56. The SMILES string of the molecule is Cc1ccccc1/C=N\O[C@H](C)C(=O)Nc1ccc(F)cc1. The maximum absolute atomic E-state index is 12.8. The number of aryl methyl sites for hydroxylation is 1. The third-order valence-corrected chi connectivity index (χ3v) is 3.08. The zero-order valence-electron chi connectivity index (χ0n) is 12.4. The first-order valence-electron chi connectivity index (χ1n) is 6.87. The van der Waals surface area contributed by atoms with Gasteiger partial charge in [0.15, 0.2) is 0 Å². The molecule has 0 radical (unpaired) electrons. The van der Waals surface area contributed by atoms with Crippen LogP contribution < -0.4 is 5.32 Å². The van der Waals surface area contributed by atoms with Crippen molar-refractivity contribution in [3.05, 3.63) is 65.5 Å². The minimum absolute atomic E-state index is 0.353. The Hall–Kier alpha value is -2.69. The molecule has 22 heavy (non-hydrogen) atoms. The minimum Gasteiger partial charge on any atom is -0.383 e. The third kappa shape index (κ3) is 4.41. The van der Waals surface area contributed by atoms with Crippen molar-refractivity contribution >= 4 is 17.8 Å². The van der Waals surface area contributed by atoms with Crippen LogP contribution in [0.15, 0.2) is 53.7 Å². The molecule has 1 N–H and O–H groups in total. The van der Waals surface area contributed by atoms with E-state index in [0.29, 0.717) is 5.69 Å². The molecule has 1 amide bonds. The fraction of sp³-hybridized carbons (Fsp3) is 0.176. The molecule has 0 aliphatic carbocycles. The van der Waals surface area contributed by atoms with Gasteiger partial charge in [0.05, 0.1) is 6.21 Å². The highest BCUT2D eigenvalue weighted by Gasteiger charge is 2.14. The van der Waals surface area contributed by atoms with Gasteiger partial charge in [-0.3, -0.25) is 4.79 Å². The predicted octanol–water partition coefficient (Wildman–Crippen LogP) is 3.51. The average Bonchev–Trinajstić information content (AvgIpc) is 2.51. The van der Waals surface area contributed by atoms with Crippen molar-refractivity contribution in [2.45, 2.75) is 20.0 Å². The Morgan fingerprint density at radius 2 is 1.91 bits per heavy atom. The molecule has 4 nitrogen and oxygen atoms in total. The van der Waals surface area contributed by atoms with Gasteiger partial charge in [0.2, 0.25) is 6.10 Å². The fourth-order valence-corrected chi connectivity index (χ4v) is 1.74. The van der Waals surface area contributed by atoms with Crippen molar-refractivity contribution in [2.75, 3.05) is 5.32 Å². The highest BCUT2D eigenvalue weighted by atomic mass is 19.1. The summed E-state index contributed by atoms with van der Waals surface area (Å²) in [5.74, 6) is -0.710. The van der Waals surface area contributed by atoms with Gasteiger partial charge in [-0.05, 0) is 49.2 Å². The Balaban J connectivity index is 1.89. The van der Waals surface area contributed by atoms with Crippen molar-refractivity contribution in [3.8, 4) is 0 Å². The van der Waals surface area contributed by atoms with Gasteiger partial charge in [0, 0.05) is 5.69 Å². The summed E-state index contributed by atoms with van der Waals surface area (Å²) < 4.78 is 12.8. The summed E-state index contributed by atoms with van der Waals surface area (Å²) >= 11 is 0. The van der Waals surface area contributed by atoms with E-state index in [2.05, 4.69) is 10.5 Å². The van der Waals surface area contributed by atoms with E-state index < -0.39 is 6.10 Å². The zero-order chi connectivity index (χ0) is 15.9. The van der Waals surface area contributed by atoms with Gasteiger partial charge in [-0.2, -0.15) is 0 Å². The Morgan fingerprint density at radius 1 is 1.23 bits per heavy atom. The van der Waals surface area contributed by atoms with Crippen LogP contribution in [-0.2, 0) is 9.63 Å². The molecule has 0 saturated carbocycles. The van der Waals surface area contributed by atoms with Crippen molar-refractivity contribution in [1.29, 1.82) is 0 Å². The highest BCUT2D eigenvalue weighted by molar-refractivity contribution is 5.93.